The highest BCUT2D eigenvalue weighted by atomic mass is 32.2. The van der Waals surface area contributed by atoms with E-state index in [-0.39, 0.29) is 23.7 Å². The van der Waals surface area contributed by atoms with Gasteiger partial charge in [-0.05, 0) is 25.5 Å². The van der Waals surface area contributed by atoms with Crippen LogP contribution in [0.4, 0.5) is 0 Å². The van der Waals surface area contributed by atoms with Gasteiger partial charge in [0.2, 0.25) is 0 Å². The Labute approximate surface area is 101 Å². The van der Waals surface area contributed by atoms with E-state index in [2.05, 4.69) is 5.32 Å². The average Bonchev–Trinajstić information content (AvgIpc) is 2.81. The van der Waals surface area contributed by atoms with Crippen molar-refractivity contribution in [2.45, 2.75) is 32.0 Å². The molecule has 1 aromatic heterocycles. The summed E-state index contributed by atoms with van der Waals surface area (Å²) in [6, 6.07) is 3.50. The third kappa shape index (κ3) is 3.08. The van der Waals surface area contributed by atoms with E-state index in [1.807, 2.05) is 6.92 Å². The van der Waals surface area contributed by atoms with Gasteiger partial charge in [-0.2, -0.15) is 0 Å². The molecule has 1 saturated heterocycles. The second-order valence-electron chi connectivity index (χ2n) is 4.78. The Bertz CT molecular complexity index is 493. The Balaban J connectivity index is 1.94. The smallest absolute Gasteiger partial charge is 0.152 e. The van der Waals surface area contributed by atoms with Crippen LogP contribution in [0.3, 0.4) is 0 Å². The summed E-state index contributed by atoms with van der Waals surface area (Å²) >= 11 is 0. The van der Waals surface area contributed by atoms with Crippen LogP contribution >= 0.6 is 0 Å². The topological polar surface area (TPSA) is 79.5 Å². The van der Waals surface area contributed by atoms with Gasteiger partial charge >= 0.3 is 0 Å². The minimum absolute atomic E-state index is 0.119. The minimum Gasteiger partial charge on any atom is -0.462 e. The van der Waals surface area contributed by atoms with Gasteiger partial charge < -0.3 is 14.8 Å². The quantitative estimate of drug-likeness (QED) is 0.820. The van der Waals surface area contributed by atoms with Crippen LogP contribution in [-0.2, 0) is 23.0 Å². The van der Waals surface area contributed by atoms with Crippen LogP contribution in [0.5, 0.6) is 0 Å². The molecule has 0 saturated carbocycles. The lowest BCUT2D eigenvalue weighted by Crippen LogP contribution is -2.42. The summed E-state index contributed by atoms with van der Waals surface area (Å²) in [7, 11) is -2.89. The normalized spacial score (nSPS) is 27.4. The first-order valence-corrected chi connectivity index (χ1v) is 7.38. The molecule has 6 heteroatoms. The molecule has 2 rings (SSSR count). The molecule has 96 valence electrons. The van der Waals surface area contributed by atoms with Gasteiger partial charge in [0.05, 0.1) is 18.1 Å². The van der Waals surface area contributed by atoms with Crippen molar-refractivity contribution >= 4 is 9.84 Å². The second-order valence-corrected chi connectivity index (χ2v) is 6.97. The largest absolute Gasteiger partial charge is 0.462 e. The van der Waals surface area contributed by atoms with Crippen molar-refractivity contribution < 1.29 is 17.9 Å². The molecular formula is C11H17NO4S. The van der Waals surface area contributed by atoms with Gasteiger partial charge in [0.15, 0.2) is 9.84 Å². The molecule has 2 heterocycles. The Morgan fingerprint density at radius 1 is 1.47 bits per heavy atom. The van der Waals surface area contributed by atoms with E-state index in [1.54, 1.807) is 12.1 Å². The van der Waals surface area contributed by atoms with Crippen molar-refractivity contribution in [1.29, 1.82) is 0 Å². The molecule has 1 atom stereocenters. The van der Waals surface area contributed by atoms with Crippen LogP contribution in [0.15, 0.2) is 16.5 Å². The number of sulfone groups is 1. The van der Waals surface area contributed by atoms with Crippen molar-refractivity contribution in [2.24, 2.45) is 0 Å². The fourth-order valence-corrected chi connectivity index (χ4v) is 4.18. The highest BCUT2D eigenvalue weighted by Gasteiger charge is 2.37. The van der Waals surface area contributed by atoms with E-state index in [4.69, 9.17) is 9.52 Å². The molecule has 0 aliphatic carbocycles. The van der Waals surface area contributed by atoms with Gasteiger partial charge in [-0.15, -0.1) is 0 Å². The summed E-state index contributed by atoms with van der Waals surface area (Å²) in [5, 5.41) is 12.1. The number of nitrogens with one attached hydrogen (secondary N) is 1. The number of rotatable bonds is 4. The molecule has 0 spiro atoms. The maximum atomic E-state index is 11.4. The molecular weight excluding hydrogens is 242 g/mol. The average molecular weight is 259 g/mol. The molecule has 0 bridgehead atoms. The number of hydrogen-bond acceptors (Lipinski definition) is 5. The van der Waals surface area contributed by atoms with Gasteiger partial charge in [-0.3, -0.25) is 0 Å². The third-order valence-electron chi connectivity index (χ3n) is 3.07. The predicted octanol–water partition coefficient (Wildman–Crippen LogP) is 0.439. The highest BCUT2D eigenvalue weighted by molar-refractivity contribution is 7.91. The molecule has 1 aromatic rings. The molecule has 1 fully saturated rings. The second kappa shape index (κ2) is 4.44. The molecule has 5 nitrogen and oxygen atoms in total. The third-order valence-corrected chi connectivity index (χ3v) is 4.97. The zero-order valence-electron chi connectivity index (χ0n) is 9.77. The van der Waals surface area contributed by atoms with E-state index in [0.29, 0.717) is 24.5 Å². The van der Waals surface area contributed by atoms with Crippen molar-refractivity contribution in [3.8, 4) is 0 Å². The van der Waals surface area contributed by atoms with Crippen molar-refractivity contribution in [3.63, 3.8) is 0 Å². The highest BCUT2D eigenvalue weighted by Crippen LogP contribution is 2.23. The summed E-state index contributed by atoms with van der Waals surface area (Å²) in [4.78, 5) is 0. The monoisotopic (exact) mass is 259 g/mol. The summed E-state index contributed by atoms with van der Waals surface area (Å²) < 4.78 is 28.2. The van der Waals surface area contributed by atoms with Crippen LogP contribution in [0.2, 0.25) is 0 Å². The Kier molecular flexibility index (Phi) is 3.29. The molecule has 0 radical (unpaired) electrons. The van der Waals surface area contributed by atoms with Crippen LogP contribution in [0.1, 0.15) is 24.9 Å². The van der Waals surface area contributed by atoms with Gasteiger partial charge in [0.25, 0.3) is 0 Å². The summed E-state index contributed by atoms with van der Waals surface area (Å²) in [5.41, 5.74) is -0.370. The number of aliphatic hydroxyl groups excluding tert-OH is 1. The van der Waals surface area contributed by atoms with E-state index < -0.39 is 9.84 Å². The molecule has 0 aromatic carbocycles. The van der Waals surface area contributed by atoms with E-state index in [1.165, 1.54) is 0 Å². The Morgan fingerprint density at radius 2 is 2.18 bits per heavy atom. The van der Waals surface area contributed by atoms with Gasteiger partial charge in [-0.1, -0.05) is 0 Å². The first-order valence-electron chi connectivity index (χ1n) is 5.56. The van der Waals surface area contributed by atoms with Crippen LogP contribution in [0, 0.1) is 0 Å². The maximum absolute atomic E-state index is 11.4. The lowest BCUT2D eigenvalue weighted by atomic mass is 10.0. The van der Waals surface area contributed by atoms with Crippen molar-refractivity contribution in [1.82, 2.24) is 5.32 Å². The molecule has 0 amide bonds. The Morgan fingerprint density at radius 3 is 2.71 bits per heavy atom. The zero-order chi connectivity index (χ0) is 12.5. The molecule has 17 heavy (non-hydrogen) atoms. The molecule has 1 aliphatic heterocycles. The lowest BCUT2D eigenvalue weighted by molar-refractivity contribution is 0.241. The fraction of sp³-hybridized carbons (Fsp3) is 0.636. The minimum atomic E-state index is -2.89. The van der Waals surface area contributed by atoms with Gasteiger partial charge in [0, 0.05) is 5.54 Å². The fourth-order valence-electron chi connectivity index (χ4n) is 2.05. The standard InChI is InChI=1S/C11H17NO4S/c1-11(4-5-17(14,15)8-11)12-6-9-2-3-10(7-13)16-9/h2-3,12-13H,4-8H2,1H3. The lowest BCUT2D eigenvalue weighted by Gasteiger charge is -2.23. The molecule has 1 unspecified atom stereocenters. The van der Waals surface area contributed by atoms with E-state index >= 15 is 0 Å². The van der Waals surface area contributed by atoms with Crippen molar-refractivity contribution in [3.05, 3.63) is 23.7 Å². The number of aliphatic hydroxyl groups is 1. The van der Waals surface area contributed by atoms with Gasteiger partial charge in [0.1, 0.15) is 18.1 Å². The van der Waals surface area contributed by atoms with Crippen molar-refractivity contribution in [2.75, 3.05) is 11.5 Å². The van der Waals surface area contributed by atoms with Crippen LogP contribution < -0.4 is 5.32 Å². The predicted molar refractivity (Wildman–Crippen MR) is 63.1 cm³/mol. The summed E-state index contributed by atoms with van der Waals surface area (Å²) in [6.45, 7) is 2.27. The first kappa shape index (κ1) is 12.6. The van der Waals surface area contributed by atoms with Crippen LogP contribution in [0.25, 0.3) is 0 Å². The maximum Gasteiger partial charge on any atom is 0.152 e. The molecule has 2 N–H and O–H groups in total. The van der Waals surface area contributed by atoms with Gasteiger partial charge in [-0.25, -0.2) is 8.42 Å². The molecule has 1 aliphatic rings. The van der Waals surface area contributed by atoms with Crippen LogP contribution in [-0.4, -0.2) is 30.6 Å². The van der Waals surface area contributed by atoms with E-state index in [9.17, 15) is 8.42 Å². The number of furan rings is 1. The zero-order valence-corrected chi connectivity index (χ0v) is 10.6. The summed E-state index contributed by atoms with van der Waals surface area (Å²) in [6.07, 6.45) is 0.628. The summed E-state index contributed by atoms with van der Waals surface area (Å²) in [5.74, 6) is 1.65. The van der Waals surface area contributed by atoms with E-state index in [0.717, 1.165) is 0 Å². The Hall–Kier alpha value is -0.850. The SMILES string of the molecule is CC1(NCc2ccc(CO)o2)CCS(=O)(=O)C1. The first-order chi connectivity index (χ1) is 7.92. The number of hydrogen-bond donors (Lipinski definition) is 2.